The lowest BCUT2D eigenvalue weighted by Crippen LogP contribution is -2.24. The molecule has 0 spiro atoms. The molecule has 1 aliphatic rings. The molecule has 0 saturated carbocycles. The van der Waals surface area contributed by atoms with E-state index in [1.807, 2.05) is 0 Å². The van der Waals surface area contributed by atoms with Crippen molar-refractivity contribution in [3.63, 3.8) is 0 Å². The lowest BCUT2D eigenvalue weighted by molar-refractivity contribution is 0.632. The van der Waals surface area contributed by atoms with Crippen molar-refractivity contribution in [2.45, 2.75) is 32.7 Å². The van der Waals surface area contributed by atoms with Gasteiger partial charge in [0, 0.05) is 6.54 Å². The molecule has 1 nitrogen and oxygen atoms in total. The third-order valence-electron chi connectivity index (χ3n) is 2.80. The molecule has 0 saturated heterocycles. The maximum atomic E-state index is 3.44. The molecule has 1 aromatic rings. The van der Waals surface area contributed by atoms with Crippen molar-refractivity contribution >= 4 is 0 Å². The summed E-state index contributed by atoms with van der Waals surface area (Å²) in [5.74, 6) is 0.648. The highest BCUT2D eigenvalue weighted by atomic mass is 14.9. The summed E-state index contributed by atoms with van der Waals surface area (Å²) in [6, 6.07) is 6.72. The predicted molar refractivity (Wildman–Crippen MR) is 55.9 cm³/mol. The Morgan fingerprint density at radius 2 is 2.15 bits per heavy atom. The van der Waals surface area contributed by atoms with Crippen LogP contribution in [0.2, 0.25) is 0 Å². The van der Waals surface area contributed by atoms with Gasteiger partial charge in [0.05, 0.1) is 0 Å². The Hall–Kier alpha value is -0.820. The monoisotopic (exact) mass is 175 g/mol. The Morgan fingerprint density at radius 1 is 1.31 bits per heavy atom. The fourth-order valence-electron chi connectivity index (χ4n) is 2.08. The van der Waals surface area contributed by atoms with Gasteiger partial charge >= 0.3 is 0 Å². The molecule has 1 aromatic carbocycles. The van der Waals surface area contributed by atoms with E-state index in [2.05, 4.69) is 37.4 Å². The molecule has 1 aliphatic heterocycles. The van der Waals surface area contributed by atoms with E-state index in [0.29, 0.717) is 5.92 Å². The lowest BCUT2D eigenvalue weighted by Gasteiger charge is -2.21. The van der Waals surface area contributed by atoms with Gasteiger partial charge in [-0.2, -0.15) is 0 Å². The second kappa shape index (κ2) is 3.51. The zero-order valence-corrected chi connectivity index (χ0v) is 8.43. The lowest BCUT2D eigenvalue weighted by atomic mass is 9.90. The maximum Gasteiger partial charge on any atom is 0.0211 e. The van der Waals surface area contributed by atoms with Crippen molar-refractivity contribution in [2.24, 2.45) is 0 Å². The third kappa shape index (κ3) is 1.61. The molecule has 1 heterocycles. The summed E-state index contributed by atoms with van der Waals surface area (Å²) in [6.45, 7) is 6.73. The van der Waals surface area contributed by atoms with E-state index in [-0.39, 0.29) is 0 Å². The van der Waals surface area contributed by atoms with Gasteiger partial charge in [-0.05, 0) is 35.6 Å². The number of hydrogen-bond acceptors (Lipinski definition) is 1. The quantitative estimate of drug-likeness (QED) is 0.691. The molecule has 0 radical (unpaired) electrons. The molecule has 1 heteroatoms. The van der Waals surface area contributed by atoms with Crippen LogP contribution in [0.5, 0.6) is 0 Å². The first kappa shape index (κ1) is 8.76. The summed E-state index contributed by atoms with van der Waals surface area (Å²) >= 11 is 0. The Morgan fingerprint density at radius 3 is 2.92 bits per heavy atom. The van der Waals surface area contributed by atoms with Crippen LogP contribution < -0.4 is 5.32 Å². The van der Waals surface area contributed by atoms with E-state index in [0.717, 1.165) is 13.1 Å². The van der Waals surface area contributed by atoms with Gasteiger partial charge in [0.1, 0.15) is 0 Å². The number of fused-ring (bicyclic) bond motifs is 1. The normalized spacial score (nSPS) is 15.9. The number of rotatable bonds is 1. The summed E-state index contributed by atoms with van der Waals surface area (Å²) in [4.78, 5) is 0. The number of hydrogen-bond donors (Lipinski definition) is 1. The van der Waals surface area contributed by atoms with Gasteiger partial charge in [-0.25, -0.2) is 0 Å². The minimum absolute atomic E-state index is 0.648. The van der Waals surface area contributed by atoms with Gasteiger partial charge in [0.15, 0.2) is 0 Å². The fourth-order valence-corrected chi connectivity index (χ4v) is 2.08. The van der Waals surface area contributed by atoms with Gasteiger partial charge in [-0.3, -0.25) is 0 Å². The van der Waals surface area contributed by atoms with Crippen LogP contribution in [0.1, 0.15) is 36.5 Å². The van der Waals surface area contributed by atoms with Crippen molar-refractivity contribution < 1.29 is 0 Å². The van der Waals surface area contributed by atoms with Gasteiger partial charge in [-0.15, -0.1) is 0 Å². The Bertz CT molecular complexity index is 302. The highest BCUT2D eigenvalue weighted by Gasteiger charge is 2.13. The minimum atomic E-state index is 0.648. The van der Waals surface area contributed by atoms with Gasteiger partial charge in [0.25, 0.3) is 0 Å². The van der Waals surface area contributed by atoms with Crippen LogP contribution in [0.25, 0.3) is 0 Å². The smallest absolute Gasteiger partial charge is 0.0211 e. The molecule has 2 rings (SSSR count). The molecule has 1 N–H and O–H groups in total. The molecule has 70 valence electrons. The molecule has 0 bridgehead atoms. The van der Waals surface area contributed by atoms with E-state index in [1.54, 1.807) is 11.1 Å². The Labute approximate surface area is 80.2 Å². The summed E-state index contributed by atoms with van der Waals surface area (Å²) in [5.41, 5.74) is 4.61. The third-order valence-corrected chi connectivity index (χ3v) is 2.80. The van der Waals surface area contributed by atoms with E-state index in [4.69, 9.17) is 0 Å². The first-order valence-electron chi connectivity index (χ1n) is 5.10. The zero-order chi connectivity index (χ0) is 9.26. The van der Waals surface area contributed by atoms with Crippen LogP contribution in [0, 0.1) is 0 Å². The number of nitrogens with one attached hydrogen (secondary N) is 1. The summed E-state index contributed by atoms with van der Waals surface area (Å²) in [7, 11) is 0. The van der Waals surface area contributed by atoms with E-state index in [9.17, 15) is 0 Å². The van der Waals surface area contributed by atoms with Crippen LogP contribution in [0.15, 0.2) is 18.2 Å². The average molecular weight is 175 g/mol. The predicted octanol–water partition coefficient (Wildman–Crippen LogP) is 2.46. The SMILES string of the molecule is CC(C)c1cccc2c1CNCC2. The van der Waals surface area contributed by atoms with E-state index < -0.39 is 0 Å². The first-order valence-corrected chi connectivity index (χ1v) is 5.10. The van der Waals surface area contributed by atoms with Crippen molar-refractivity contribution in [3.05, 3.63) is 34.9 Å². The molecule has 0 aliphatic carbocycles. The Balaban J connectivity index is 2.46. The van der Waals surface area contributed by atoms with E-state index >= 15 is 0 Å². The highest BCUT2D eigenvalue weighted by Crippen LogP contribution is 2.24. The topological polar surface area (TPSA) is 12.0 Å². The second-order valence-electron chi connectivity index (χ2n) is 4.07. The average Bonchev–Trinajstić information content (AvgIpc) is 2.17. The van der Waals surface area contributed by atoms with E-state index in [1.165, 1.54) is 12.0 Å². The molecule has 0 aromatic heterocycles. The summed E-state index contributed by atoms with van der Waals surface area (Å²) < 4.78 is 0. The fraction of sp³-hybridized carbons (Fsp3) is 0.500. The van der Waals surface area contributed by atoms with Crippen LogP contribution >= 0.6 is 0 Å². The molecule has 0 fully saturated rings. The number of benzene rings is 1. The van der Waals surface area contributed by atoms with Gasteiger partial charge in [0.2, 0.25) is 0 Å². The highest BCUT2D eigenvalue weighted by molar-refractivity contribution is 5.38. The largest absolute Gasteiger partial charge is 0.312 e. The van der Waals surface area contributed by atoms with Crippen molar-refractivity contribution in [3.8, 4) is 0 Å². The van der Waals surface area contributed by atoms with Crippen LogP contribution in [-0.2, 0) is 13.0 Å². The standard InChI is InChI=1S/C12H17N/c1-9(2)11-5-3-4-10-6-7-13-8-12(10)11/h3-5,9,13H,6-8H2,1-2H3. The van der Waals surface area contributed by atoms with Crippen molar-refractivity contribution in [1.29, 1.82) is 0 Å². The molecular formula is C12H17N. The maximum absolute atomic E-state index is 3.44. The molecule has 0 unspecified atom stereocenters. The molecule has 0 atom stereocenters. The molecule has 0 amide bonds. The zero-order valence-electron chi connectivity index (χ0n) is 8.43. The summed E-state index contributed by atoms with van der Waals surface area (Å²) in [6.07, 6.45) is 1.19. The van der Waals surface area contributed by atoms with Crippen LogP contribution in [0.3, 0.4) is 0 Å². The first-order chi connectivity index (χ1) is 6.29. The molecule has 13 heavy (non-hydrogen) atoms. The van der Waals surface area contributed by atoms with Crippen LogP contribution in [-0.4, -0.2) is 6.54 Å². The Kier molecular flexibility index (Phi) is 2.36. The molecular weight excluding hydrogens is 158 g/mol. The summed E-state index contributed by atoms with van der Waals surface area (Å²) in [5, 5.41) is 3.44. The minimum Gasteiger partial charge on any atom is -0.312 e. The second-order valence-corrected chi connectivity index (χ2v) is 4.07. The van der Waals surface area contributed by atoms with Crippen molar-refractivity contribution in [2.75, 3.05) is 6.54 Å². The van der Waals surface area contributed by atoms with Gasteiger partial charge < -0.3 is 5.32 Å². The van der Waals surface area contributed by atoms with Gasteiger partial charge in [-0.1, -0.05) is 32.0 Å². The van der Waals surface area contributed by atoms with Crippen molar-refractivity contribution in [1.82, 2.24) is 5.32 Å². The van der Waals surface area contributed by atoms with Crippen LogP contribution in [0.4, 0.5) is 0 Å².